The Morgan fingerprint density at radius 2 is 2.04 bits per heavy atom. The zero-order chi connectivity index (χ0) is 20.2. The highest BCUT2D eigenvalue weighted by Gasteiger charge is 2.32. The lowest BCUT2D eigenvalue weighted by Gasteiger charge is -2.30. The first-order chi connectivity index (χ1) is 12.6. The van der Waals surface area contributed by atoms with Crippen molar-refractivity contribution in [2.24, 2.45) is 0 Å². The highest BCUT2D eigenvalue weighted by atomic mass is 32.2. The van der Waals surface area contributed by atoms with Crippen LogP contribution in [0.15, 0.2) is 28.6 Å². The fourth-order valence-corrected chi connectivity index (χ4v) is 5.71. The predicted octanol–water partition coefficient (Wildman–Crippen LogP) is 3.53. The molecule has 1 atom stereocenters. The van der Waals surface area contributed by atoms with Crippen LogP contribution in [-0.4, -0.2) is 42.1 Å². The van der Waals surface area contributed by atoms with E-state index in [2.05, 4.69) is 15.5 Å². The molecule has 2 rings (SSSR count). The number of rotatable bonds is 8. The molecule has 0 saturated heterocycles. The van der Waals surface area contributed by atoms with Crippen molar-refractivity contribution in [1.29, 1.82) is 0 Å². The Balaban J connectivity index is 2.28. The third-order valence-electron chi connectivity index (χ3n) is 3.56. The molecule has 148 valence electrons. The molecule has 0 bridgehead atoms. The molecule has 10 heteroatoms. The SMILES string of the molecule is CC[C@H](C(=O)Nc1nnc(SC(C)C)s1)N(c1cccc(C)c1)S(C)(=O)=O. The first-order valence-electron chi connectivity index (χ1n) is 8.49. The Labute approximate surface area is 168 Å². The maximum Gasteiger partial charge on any atom is 0.250 e. The van der Waals surface area contributed by atoms with E-state index >= 15 is 0 Å². The number of sulfonamides is 1. The molecule has 0 unspecified atom stereocenters. The van der Waals surface area contributed by atoms with E-state index in [0.29, 0.717) is 22.5 Å². The summed E-state index contributed by atoms with van der Waals surface area (Å²) in [6.45, 7) is 7.74. The van der Waals surface area contributed by atoms with Gasteiger partial charge in [0.05, 0.1) is 11.9 Å². The average molecular weight is 429 g/mol. The Hall–Kier alpha value is -1.65. The average Bonchev–Trinajstić information content (AvgIpc) is 2.97. The number of hydrogen-bond donors (Lipinski definition) is 1. The van der Waals surface area contributed by atoms with Crippen LogP contribution in [-0.2, 0) is 14.8 Å². The zero-order valence-electron chi connectivity index (χ0n) is 16.0. The molecule has 0 radical (unpaired) electrons. The van der Waals surface area contributed by atoms with E-state index in [4.69, 9.17) is 0 Å². The minimum atomic E-state index is -3.66. The summed E-state index contributed by atoms with van der Waals surface area (Å²) >= 11 is 2.83. The standard InChI is InChI=1S/C17H24N4O3S3/c1-6-14(15(22)18-16-19-20-17(26-16)25-11(2)3)21(27(5,23)24)13-9-7-8-12(4)10-13/h7-11,14H,6H2,1-5H3,(H,18,19,22)/t14-/m1/s1. The number of aromatic nitrogens is 2. The second-order valence-corrected chi connectivity index (χ2v) is 11.0. The monoisotopic (exact) mass is 428 g/mol. The molecule has 1 heterocycles. The van der Waals surface area contributed by atoms with E-state index in [1.54, 1.807) is 36.9 Å². The van der Waals surface area contributed by atoms with Crippen molar-refractivity contribution in [3.63, 3.8) is 0 Å². The van der Waals surface area contributed by atoms with E-state index in [1.165, 1.54) is 15.6 Å². The molecule has 0 aliphatic heterocycles. The summed E-state index contributed by atoms with van der Waals surface area (Å²) in [5, 5.41) is 11.4. The van der Waals surface area contributed by atoms with Crippen molar-refractivity contribution in [2.75, 3.05) is 15.9 Å². The van der Waals surface area contributed by atoms with Gasteiger partial charge >= 0.3 is 0 Å². The van der Waals surface area contributed by atoms with E-state index in [9.17, 15) is 13.2 Å². The highest BCUT2D eigenvalue weighted by Crippen LogP contribution is 2.29. The zero-order valence-corrected chi connectivity index (χ0v) is 18.4. The molecule has 0 fully saturated rings. The molecule has 27 heavy (non-hydrogen) atoms. The first kappa shape index (κ1) is 21.6. The largest absolute Gasteiger partial charge is 0.299 e. The van der Waals surface area contributed by atoms with Gasteiger partial charge in [-0.05, 0) is 31.0 Å². The van der Waals surface area contributed by atoms with Gasteiger partial charge in [-0.2, -0.15) is 0 Å². The van der Waals surface area contributed by atoms with Crippen molar-refractivity contribution >= 4 is 49.8 Å². The van der Waals surface area contributed by atoms with Gasteiger partial charge in [-0.1, -0.05) is 56.0 Å². The normalized spacial score (nSPS) is 12.8. The summed E-state index contributed by atoms with van der Waals surface area (Å²) in [4.78, 5) is 12.8. The number of carbonyl (C=O) groups excluding carboxylic acids is 1. The molecule has 1 amide bonds. The number of hydrogen-bond acceptors (Lipinski definition) is 7. The number of nitrogens with zero attached hydrogens (tertiary/aromatic N) is 3. The van der Waals surface area contributed by atoms with Crippen LogP contribution in [0.25, 0.3) is 0 Å². The number of amides is 1. The molecule has 0 aliphatic carbocycles. The van der Waals surface area contributed by atoms with Crippen molar-refractivity contribution in [3.8, 4) is 0 Å². The number of nitrogens with one attached hydrogen (secondary N) is 1. The van der Waals surface area contributed by atoms with Crippen molar-refractivity contribution < 1.29 is 13.2 Å². The highest BCUT2D eigenvalue weighted by molar-refractivity contribution is 8.01. The van der Waals surface area contributed by atoms with Gasteiger partial charge in [0.1, 0.15) is 6.04 Å². The lowest BCUT2D eigenvalue weighted by molar-refractivity contribution is -0.117. The van der Waals surface area contributed by atoms with Crippen LogP contribution < -0.4 is 9.62 Å². The third-order valence-corrected chi connectivity index (χ3v) is 6.67. The van der Waals surface area contributed by atoms with E-state index in [-0.39, 0.29) is 0 Å². The van der Waals surface area contributed by atoms with Crippen LogP contribution in [0.1, 0.15) is 32.8 Å². The van der Waals surface area contributed by atoms with E-state index in [0.717, 1.165) is 16.2 Å². The van der Waals surface area contributed by atoms with Crippen LogP contribution >= 0.6 is 23.1 Å². The predicted molar refractivity (Wildman–Crippen MR) is 112 cm³/mol. The second-order valence-electron chi connectivity index (χ2n) is 6.35. The van der Waals surface area contributed by atoms with Crippen molar-refractivity contribution in [2.45, 2.75) is 49.7 Å². The Bertz CT molecular complexity index is 896. The molecule has 2 aromatic rings. The summed E-state index contributed by atoms with van der Waals surface area (Å²) in [6.07, 6.45) is 1.42. The van der Waals surface area contributed by atoms with E-state index in [1.807, 2.05) is 26.8 Å². The Morgan fingerprint density at radius 1 is 1.33 bits per heavy atom. The van der Waals surface area contributed by atoms with Gasteiger partial charge in [-0.3, -0.25) is 14.4 Å². The van der Waals surface area contributed by atoms with Gasteiger partial charge in [-0.15, -0.1) is 10.2 Å². The van der Waals surface area contributed by atoms with Crippen molar-refractivity contribution in [1.82, 2.24) is 10.2 Å². The molecule has 1 N–H and O–H groups in total. The van der Waals surface area contributed by atoms with Gasteiger partial charge in [0, 0.05) is 5.25 Å². The topological polar surface area (TPSA) is 92.3 Å². The van der Waals surface area contributed by atoms with Crippen LogP contribution in [0, 0.1) is 6.92 Å². The molecular formula is C17H24N4O3S3. The first-order valence-corrected chi connectivity index (χ1v) is 12.0. The number of benzene rings is 1. The van der Waals surface area contributed by atoms with Gasteiger partial charge in [-0.25, -0.2) is 8.42 Å². The summed E-state index contributed by atoms with van der Waals surface area (Å²) < 4.78 is 26.8. The fraction of sp³-hybridized carbons (Fsp3) is 0.471. The van der Waals surface area contributed by atoms with Crippen LogP contribution in [0.2, 0.25) is 0 Å². The molecule has 1 aromatic heterocycles. The Kier molecular flexibility index (Phi) is 7.24. The summed E-state index contributed by atoms with van der Waals surface area (Å²) in [6, 6.07) is 6.20. The lowest BCUT2D eigenvalue weighted by atomic mass is 10.1. The summed E-state index contributed by atoms with van der Waals surface area (Å²) in [5.41, 5.74) is 1.38. The van der Waals surface area contributed by atoms with Gasteiger partial charge in [0.15, 0.2) is 4.34 Å². The minimum absolute atomic E-state index is 0.319. The van der Waals surface area contributed by atoms with Gasteiger partial charge < -0.3 is 0 Å². The van der Waals surface area contributed by atoms with Crippen LogP contribution in [0.4, 0.5) is 10.8 Å². The maximum atomic E-state index is 12.8. The lowest BCUT2D eigenvalue weighted by Crippen LogP contribution is -2.47. The summed E-state index contributed by atoms with van der Waals surface area (Å²) in [7, 11) is -3.66. The molecule has 7 nitrogen and oxygen atoms in total. The van der Waals surface area contributed by atoms with Gasteiger partial charge in [0.2, 0.25) is 21.1 Å². The fourth-order valence-electron chi connectivity index (χ4n) is 2.52. The number of thioether (sulfide) groups is 1. The third kappa shape index (κ3) is 5.91. The quantitative estimate of drug-likeness (QED) is 0.511. The molecule has 1 aromatic carbocycles. The minimum Gasteiger partial charge on any atom is -0.299 e. The molecule has 0 saturated carbocycles. The second kappa shape index (κ2) is 9.03. The number of aryl methyl sites for hydroxylation is 1. The Morgan fingerprint density at radius 3 is 2.59 bits per heavy atom. The van der Waals surface area contributed by atoms with Crippen LogP contribution in [0.5, 0.6) is 0 Å². The molecule has 0 spiro atoms. The summed E-state index contributed by atoms with van der Waals surface area (Å²) in [5.74, 6) is -0.429. The number of anilines is 2. The van der Waals surface area contributed by atoms with Crippen molar-refractivity contribution in [3.05, 3.63) is 29.8 Å². The smallest absolute Gasteiger partial charge is 0.250 e. The molecular weight excluding hydrogens is 404 g/mol. The number of carbonyl (C=O) groups is 1. The van der Waals surface area contributed by atoms with Gasteiger partial charge in [0.25, 0.3) is 0 Å². The van der Waals surface area contributed by atoms with E-state index < -0.39 is 22.0 Å². The maximum absolute atomic E-state index is 12.8. The molecule has 0 aliphatic rings. The van der Waals surface area contributed by atoms with Crippen LogP contribution in [0.3, 0.4) is 0 Å².